The van der Waals surface area contributed by atoms with Crippen molar-refractivity contribution in [2.45, 2.75) is 5.92 Å². The van der Waals surface area contributed by atoms with Gasteiger partial charge in [0.25, 0.3) is 11.8 Å². The van der Waals surface area contributed by atoms with Gasteiger partial charge in [0.2, 0.25) is 0 Å². The van der Waals surface area contributed by atoms with Gasteiger partial charge >= 0.3 is 11.9 Å². The molecular formula is C34H24N4O6. The van der Waals surface area contributed by atoms with Crippen molar-refractivity contribution in [3.8, 4) is 6.07 Å². The third-order valence-corrected chi connectivity index (χ3v) is 7.73. The van der Waals surface area contributed by atoms with Gasteiger partial charge in [-0.2, -0.15) is 5.26 Å². The summed E-state index contributed by atoms with van der Waals surface area (Å²) in [5.74, 6) is -4.10. The second-order valence-corrected chi connectivity index (χ2v) is 10.0. The highest BCUT2D eigenvalue weighted by atomic mass is 16.5. The molecule has 0 bridgehead atoms. The lowest BCUT2D eigenvalue weighted by Gasteiger charge is -2.36. The maximum absolute atomic E-state index is 13.7. The quantitative estimate of drug-likeness (QED) is 0.264. The number of hydrogen-bond donors (Lipinski definition) is 1. The number of rotatable bonds is 5. The first-order chi connectivity index (χ1) is 21.3. The van der Waals surface area contributed by atoms with Crippen LogP contribution in [0.25, 0.3) is 10.8 Å². The van der Waals surface area contributed by atoms with Crippen molar-refractivity contribution in [3.05, 3.63) is 130 Å². The lowest BCUT2D eigenvalue weighted by Crippen LogP contribution is -2.40. The summed E-state index contributed by atoms with van der Waals surface area (Å²) in [6.07, 6.45) is 0. The van der Waals surface area contributed by atoms with Crippen molar-refractivity contribution < 1.29 is 28.7 Å². The molecule has 1 atom stereocenters. The zero-order chi connectivity index (χ0) is 31.1. The number of nitrogens with two attached hydrogens (primary N) is 1. The number of carbonyl (C=O) groups excluding carboxylic acids is 4. The molecule has 2 amide bonds. The molecule has 0 spiro atoms. The Kier molecular flexibility index (Phi) is 6.91. The van der Waals surface area contributed by atoms with Gasteiger partial charge in [0, 0.05) is 5.69 Å². The average molecular weight is 585 g/mol. The first-order valence-corrected chi connectivity index (χ1v) is 13.5. The van der Waals surface area contributed by atoms with Crippen molar-refractivity contribution >= 4 is 45.9 Å². The fourth-order valence-electron chi connectivity index (χ4n) is 5.70. The van der Waals surface area contributed by atoms with E-state index in [1.54, 1.807) is 42.5 Å². The molecule has 0 saturated carbocycles. The number of hydrogen-bond acceptors (Lipinski definition) is 9. The third kappa shape index (κ3) is 4.26. The van der Waals surface area contributed by atoms with Gasteiger partial charge in [-0.1, -0.05) is 60.7 Å². The van der Waals surface area contributed by atoms with E-state index in [9.17, 15) is 24.4 Å². The minimum absolute atomic E-state index is 0.0232. The number of fused-ring (bicyclic) bond motifs is 2. The molecule has 2 N–H and O–H groups in total. The Morgan fingerprint density at radius 3 is 2.05 bits per heavy atom. The number of nitriles is 1. The Balaban J connectivity index is 1.52. The van der Waals surface area contributed by atoms with Crippen molar-refractivity contribution in [2.24, 2.45) is 5.73 Å². The number of carbonyl (C=O) groups is 4. The number of nitrogens with zero attached hydrogens (tertiary/aromatic N) is 3. The van der Waals surface area contributed by atoms with Gasteiger partial charge in [0.15, 0.2) is 0 Å². The number of amides is 2. The Morgan fingerprint density at radius 1 is 0.750 bits per heavy atom. The first kappa shape index (κ1) is 27.9. The van der Waals surface area contributed by atoms with Crippen LogP contribution in [0, 0.1) is 11.3 Å². The highest BCUT2D eigenvalue weighted by molar-refractivity contribution is 6.35. The van der Waals surface area contributed by atoms with E-state index < -0.39 is 29.7 Å². The molecule has 0 fully saturated rings. The molecule has 10 heteroatoms. The molecule has 2 aliphatic rings. The van der Waals surface area contributed by atoms with E-state index >= 15 is 0 Å². The molecule has 1 unspecified atom stereocenters. The largest absolute Gasteiger partial charge is 0.466 e. The van der Waals surface area contributed by atoms with E-state index in [-0.39, 0.29) is 39.5 Å². The third-order valence-electron chi connectivity index (χ3n) is 7.73. The normalized spacial score (nSPS) is 16.2. The van der Waals surface area contributed by atoms with Gasteiger partial charge in [-0.15, -0.1) is 0 Å². The number of esters is 2. The van der Waals surface area contributed by atoms with Gasteiger partial charge in [-0.25, -0.2) is 14.5 Å². The molecule has 6 rings (SSSR count). The molecule has 10 nitrogen and oxygen atoms in total. The van der Waals surface area contributed by atoms with E-state index in [1.807, 2.05) is 30.3 Å². The summed E-state index contributed by atoms with van der Waals surface area (Å²) in [4.78, 5) is 56.1. The molecule has 44 heavy (non-hydrogen) atoms. The summed E-state index contributed by atoms with van der Waals surface area (Å²) >= 11 is 0. The minimum atomic E-state index is -1.04. The van der Waals surface area contributed by atoms with Crippen molar-refractivity contribution in [3.63, 3.8) is 0 Å². The van der Waals surface area contributed by atoms with Crippen LogP contribution in [-0.4, -0.2) is 38.0 Å². The molecule has 2 heterocycles. The van der Waals surface area contributed by atoms with E-state index in [4.69, 9.17) is 15.2 Å². The molecule has 4 aromatic rings. The number of methoxy groups -OCH3 is 2. The second kappa shape index (κ2) is 10.9. The molecule has 0 aliphatic carbocycles. The van der Waals surface area contributed by atoms with Crippen molar-refractivity contribution in [1.29, 1.82) is 5.26 Å². The Bertz CT molecular complexity index is 2010. The van der Waals surface area contributed by atoms with Crippen LogP contribution in [0.5, 0.6) is 0 Å². The molecule has 216 valence electrons. The molecule has 2 aliphatic heterocycles. The number of benzene rings is 4. The number of allylic oxidation sites excluding steroid dienone is 1. The predicted molar refractivity (Wildman–Crippen MR) is 161 cm³/mol. The summed E-state index contributed by atoms with van der Waals surface area (Å²) in [7, 11) is 2.30. The summed E-state index contributed by atoms with van der Waals surface area (Å²) in [6, 6.07) is 27.9. The zero-order valence-corrected chi connectivity index (χ0v) is 23.6. The van der Waals surface area contributed by atoms with Gasteiger partial charge in [-0.3, -0.25) is 14.5 Å². The van der Waals surface area contributed by atoms with E-state index in [0.29, 0.717) is 11.3 Å². The minimum Gasteiger partial charge on any atom is -0.466 e. The summed E-state index contributed by atoms with van der Waals surface area (Å²) in [5, 5.41) is 12.1. The standard InChI is InChI=1S/C34H24N4O6/c1-43-33(41)28-27(20-9-4-3-5-10-20)26(18-35)30(36)37(29(28)34(42)44-2)23-14-15-24-25(17-23)32(40)38(31(24)39)22-13-12-19-8-6-7-11-21(19)16-22/h3-17,27H,36H2,1-2H3. The van der Waals surface area contributed by atoms with Crippen LogP contribution >= 0.6 is 0 Å². The van der Waals surface area contributed by atoms with Crippen LogP contribution in [0.1, 0.15) is 32.2 Å². The van der Waals surface area contributed by atoms with E-state index in [0.717, 1.165) is 29.9 Å². The lowest BCUT2D eigenvalue weighted by molar-refractivity contribution is -0.139. The summed E-state index contributed by atoms with van der Waals surface area (Å²) < 4.78 is 10.1. The number of anilines is 2. The topological polar surface area (TPSA) is 143 Å². The van der Waals surface area contributed by atoms with Gasteiger partial charge in [0.05, 0.1) is 54.2 Å². The summed E-state index contributed by atoms with van der Waals surface area (Å²) in [6.45, 7) is 0. The lowest BCUT2D eigenvalue weighted by atomic mass is 9.81. The summed E-state index contributed by atoms with van der Waals surface area (Å²) in [5.41, 5.74) is 7.39. The van der Waals surface area contributed by atoms with E-state index in [2.05, 4.69) is 6.07 Å². The molecule has 0 saturated heterocycles. The monoisotopic (exact) mass is 584 g/mol. The zero-order valence-electron chi connectivity index (χ0n) is 23.6. The van der Waals surface area contributed by atoms with Crippen LogP contribution in [-0.2, 0) is 19.1 Å². The Hall–Kier alpha value is -6.21. The van der Waals surface area contributed by atoms with Crippen LogP contribution < -0.4 is 15.5 Å². The maximum atomic E-state index is 13.7. The predicted octanol–water partition coefficient (Wildman–Crippen LogP) is 4.54. The van der Waals surface area contributed by atoms with Crippen LogP contribution in [0.3, 0.4) is 0 Å². The van der Waals surface area contributed by atoms with E-state index in [1.165, 1.54) is 23.1 Å². The fourth-order valence-corrected chi connectivity index (χ4v) is 5.70. The van der Waals surface area contributed by atoms with Crippen LogP contribution in [0.15, 0.2) is 114 Å². The molecule has 4 aromatic carbocycles. The second-order valence-electron chi connectivity index (χ2n) is 10.0. The molecule has 0 aromatic heterocycles. The Morgan fingerprint density at radius 2 is 1.36 bits per heavy atom. The SMILES string of the molecule is COC(=O)C1=C(C(=O)OC)N(c2ccc3c(c2)C(=O)N(c2ccc4ccccc4c2)C3=O)C(N)=C(C#N)C1c1ccccc1. The van der Waals surface area contributed by atoms with Crippen molar-refractivity contribution in [2.75, 3.05) is 24.0 Å². The highest BCUT2D eigenvalue weighted by Crippen LogP contribution is 2.44. The fraction of sp³-hybridized carbons (Fsp3) is 0.0882. The highest BCUT2D eigenvalue weighted by Gasteiger charge is 2.44. The van der Waals surface area contributed by atoms with Gasteiger partial charge < -0.3 is 15.2 Å². The first-order valence-electron chi connectivity index (χ1n) is 13.5. The van der Waals surface area contributed by atoms with Gasteiger partial charge in [-0.05, 0) is 46.7 Å². The van der Waals surface area contributed by atoms with Gasteiger partial charge in [0.1, 0.15) is 11.5 Å². The average Bonchev–Trinajstić information content (AvgIpc) is 3.31. The maximum Gasteiger partial charge on any atom is 0.355 e. The Labute approximate surface area is 251 Å². The molecular weight excluding hydrogens is 560 g/mol. The van der Waals surface area contributed by atoms with Crippen LogP contribution in [0.2, 0.25) is 0 Å². The number of imide groups is 1. The smallest absolute Gasteiger partial charge is 0.355 e. The molecule has 0 radical (unpaired) electrons. The van der Waals surface area contributed by atoms with Crippen LogP contribution in [0.4, 0.5) is 11.4 Å². The number of ether oxygens (including phenoxy) is 2. The van der Waals surface area contributed by atoms with Crippen molar-refractivity contribution in [1.82, 2.24) is 0 Å².